The first kappa shape index (κ1) is 12.9. The number of hydrogen-bond donors (Lipinski definition) is 3. The van der Waals surface area contributed by atoms with Gasteiger partial charge >= 0.3 is 0 Å². The first-order valence-corrected chi connectivity index (χ1v) is 6.58. The van der Waals surface area contributed by atoms with Crippen LogP contribution in [0.1, 0.15) is 17.3 Å². The maximum absolute atomic E-state index is 11.8. The number of rotatable bonds is 3. The lowest BCUT2D eigenvalue weighted by atomic mass is 10.2. The average molecular weight is 266 g/mol. The number of aliphatic hydroxyl groups is 1. The summed E-state index contributed by atoms with van der Waals surface area (Å²) in [6.45, 7) is 1.81. The van der Waals surface area contributed by atoms with E-state index in [1.807, 2.05) is 6.07 Å². The number of carbonyl (C=O) groups excluding carboxylic acids is 2. The van der Waals surface area contributed by atoms with Gasteiger partial charge < -0.3 is 15.7 Å². The van der Waals surface area contributed by atoms with E-state index in [0.717, 1.165) is 4.90 Å². The van der Waals surface area contributed by atoms with E-state index in [2.05, 4.69) is 10.6 Å². The predicted octanol–water partition coefficient (Wildman–Crippen LogP) is 0.841. The van der Waals surface area contributed by atoms with Crippen molar-refractivity contribution < 1.29 is 14.7 Å². The van der Waals surface area contributed by atoms with Crippen LogP contribution in [0.3, 0.4) is 0 Å². The zero-order valence-electron chi connectivity index (χ0n) is 9.90. The molecular weight excluding hydrogens is 252 g/mol. The fourth-order valence-electron chi connectivity index (χ4n) is 1.57. The van der Waals surface area contributed by atoms with E-state index in [0.29, 0.717) is 17.0 Å². The highest BCUT2D eigenvalue weighted by Crippen LogP contribution is 2.31. The number of carbonyl (C=O) groups is 2. The molecule has 1 aromatic carbocycles. The molecule has 0 bridgehead atoms. The van der Waals surface area contributed by atoms with Crippen molar-refractivity contribution in [1.29, 1.82) is 0 Å². The van der Waals surface area contributed by atoms with Crippen molar-refractivity contribution in [3.05, 3.63) is 23.8 Å². The SMILES string of the molecule is C[C@@H](O)CNC(=O)c1ccc2c(c1)NC(=O)CS2. The summed E-state index contributed by atoms with van der Waals surface area (Å²) in [7, 11) is 0. The molecule has 1 aromatic rings. The van der Waals surface area contributed by atoms with Gasteiger partial charge in [-0.25, -0.2) is 0 Å². The largest absolute Gasteiger partial charge is 0.392 e. The molecule has 2 rings (SSSR count). The van der Waals surface area contributed by atoms with Crippen LogP contribution in [0.2, 0.25) is 0 Å². The lowest BCUT2D eigenvalue weighted by Gasteiger charge is -2.17. The van der Waals surface area contributed by atoms with Crippen LogP contribution < -0.4 is 10.6 Å². The van der Waals surface area contributed by atoms with Gasteiger partial charge in [-0.3, -0.25) is 9.59 Å². The highest BCUT2D eigenvalue weighted by molar-refractivity contribution is 8.00. The second-order valence-electron chi connectivity index (χ2n) is 4.11. The van der Waals surface area contributed by atoms with Crippen molar-refractivity contribution in [3.8, 4) is 0 Å². The van der Waals surface area contributed by atoms with E-state index in [1.54, 1.807) is 19.1 Å². The Morgan fingerprint density at radius 3 is 3.11 bits per heavy atom. The summed E-state index contributed by atoms with van der Waals surface area (Å²) >= 11 is 1.45. The van der Waals surface area contributed by atoms with Crippen LogP contribution in [-0.2, 0) is 4.79 Å². The van der Waals surface area contributed by atoms with Crippen molar-refractivity contribution in [2.45, 2.75) is 17.9 Å². The fraction of sp³-hybridized carbons (Fsp3) is 0.333. The molecule has 0 aromatic heterocycles. The van der Waals surface area contributed by atoms with Crippen LogP contribution in [0.15, 0.2) is 23.1 Å². The molecule has 1 aliphatic rings. The molecule has 18 heavy (non-hydrogen) atoms. The number of amides is 2. The van der Waals surface area contributed by atoms with Gasteiger partial charge in [0.1, 0.15) is 0 Å². The van der Waals surface area contributed by atoms with Crippen LogP contribution >= 0.6 is 11.8 Å². The Morgan fingerprint density at radius 1 is 1.61 bits per heavy atom. The van der Waals surface area contributed by atoms with Gasteiger partial charge in [-0.2, -0.15) is 0 Å². The van der Waals surface area contributed by atoms with Gasteiger partial charge in [0.05, 0.1) is 17.5 Å². The van der Waals surface area contributed by atoms with E-state index in [-0.39, 0.29) is 18.4 Å². The summed E-state index contributed by atoms with van der Waals surface area (Å²) in [6.07, 6.45) is -0.582. The first-order chi connectivity index (χ1) is 8.56. The number of aliphatic hydroxyl groups excluding tert-OH is 1. The van der Waals surface area contributed by atoms with E-state index >= 15 is 0 Å². The number of nitrogens with one attached hydrogen (secondary N) is 2. The van der Waals surface area contributed by atoms with E-state index in [9.17, 15) is 9.59 Å². The summed E-state index contributed by atoms with van der Waals surface area (Å²) in [5.41, 5.74) is 1.14. The minimum atomic E-state index is -0.582. The molecule has 1 atom stereocenters. The standard InChI is InChI=1S/C12H14N2O3S/c1-7(15)5-13-12(17)8-2-3-10-9(4-8)14-11(16)6-18-10/h2-4,7,15H,5-6H2,1H3,(H,13,17)(H,14,16)/t7-/m1/s1. The molecule has 1 aliphatic heterocycles. The van der Waals surface area contributed by atoms with Gasteiger partial charge in [-0.05, 0) is 25.1 Å². The summed E-state index contributed by atoms with van der Waals surface area (Å²) in [6, 6.07) is 5.17. The molecule has 96 valence electrons. The Kier molecular flexibility index (Phi) is 3.88. The third-order valence-electron chi connectivity index (χ3n) is 2.43. The summed E-state index contributed by atoms with van der Waals surface area (Å²) in [5.74, 6) is 0.0816. The number of hydrogen-bond acceptors (Lipinski definition) is 4. The third kappa shape index (κ3) is 3.02. The van der Waals surface area contributed by atoms with Gasteiger partial charge in [0.2, 0.25) is 5.91 Å². The molecular formula is C12H14N2O3S. The van der Waals surface area contributed by atoms with Gasteiger partial charge in [-0.1, -0.05) is 0 Å². The zero-order valence-corrected chi connectivity index (χ0v) is 10.7. The molecule has 6 heteroatoms. The first-order valence-electron chi connectivity index (χ1n) is 5.59. The Morgan fingerprint density at radius 2 is 2.39 bits per heavy atom. The topological polar surface area (TPSA) is 78.4 Å². The number of benzene rings is 1. The highest BCUT2D eigenvalue weighted by Gasteiger charge is 2.17. The van der Waals surface area contributed by atoms with Gasteiger partial charge in [0, 0.05) is 17.0 Å². The Balaban J connectivity index is 2.13. The second kappa shape index (κ2) is 5.41. The summed E-state index contributed by atoms with van der Waals surface area (Å²) < 4.78 is 0. The highest BCUT2D eigenvalue weighted by atomic mass is 32.2. The molecule has 5 nitrogen and oxygen atoms in total. The molecule has 1 heterocycles. The predicted molar refractivity (Wildman–Crippen MR) is 69.8 cm³/mol. The molecule has 0 aliphatic carbocycles. The molecule has 0 radical (unpaired) electrons. The summed E-state index contributed by atoms with van der Waals surface area (Å²) in [4.78, 5) is 24.0. The van der Waals surface area contributed by atoms with Crippen molar-refractivity contribution in [1.82, 2.24) is 5.32 Å². The van der Waals surface area contributed by atoms with Crippen LogP contribution in [0.4, 0.5) is 5.69 Å². The third-order valence-corrected chi connectivity index (χ3v) is 3.51. The Bertz CT molecular complexity index is 488. The maximum atomic E-state index is 11.8. The van der Waals surface area contributed by atoms with Gasteiger partial charge in [0.25, 0.3) is 5.91 Å². The fourth-order valence-corrected chi connectivity index (χ4v) is 2.36. The second-order valence-corrected chi connectivity index (χ2v) is 5.12. The molecule has 0 saturated carbocycles. The zero-order chi connectivity index (χ0) is 13.1. The normalized spacial score (nSPS) is 15.6. The molecule has 0 spiro atoms. The summed E-state index contributed by atoms with van der Waals surface area (Å²) in [5, 5.41) is 14.4. The molecule has 0 unspecified atom stereocenters. The number of fused-ring (bicyclic) bond motifs is 1. The van der Waals surface area contributed by atoms with E-state index in [1.165, 1.54) is 11.8 Å². The minimum absolute atomic E-state index is 0.0611. The lowest BCUT2D eigenvalue weighted by Crippen LogP contribution is -2.30. The van der Waals surface area contributed by atoms with Crippen molar-refractivity contribution in [2.24, 2.45) is 0 Å². The maximum Gasteiger partial charge on any atom is 0.251 e. The molecule has 3 N–H and O–H groups in total. The van der Waals surface area contributed by atoms with E-state index < -0.39 is 6.10 Å². The van der Waals surface area contributed by atoms with Gasteiger partial charge in [-0.15, -0.1) is 11.8 Å². The smallest absolute Gasteiger partial charge is 0.251 e. The van der Waals surface area contributed by atoms with Crippen molar-refractivity contribution in [2.75, 3.05) is 17.6 Å². The average Bonchev–Trinajstić information content (AvgIpc) is 2.34. The van der Waals surface area contributed by atoms with E-state index in [4.69, 9.17) is 5.11 Å². The molecule has 2 amide bonds. The number of anilines is 1. The minimum Gasteiger partial charge on any atom is -0.392 e. The quantitative estimate of drug-likeness (QED) is 0.757. The van der Waals surface area contributed by atoms with Crippen LogP contribution in [0, 0.1) is 0 Å². The van der Waals surface area contributed by atoms with Crippen LogP contribution in [0.5, 0.6) is 0 Å². The van der Waals surface area contributed by atoms with Gasteiger partial charge in [0.15, 0.2) is 0 Å². The van der Waals surface area contributed by atoms with Crippen molar-refractivity contribution >= 4 is 29.3 Å². The molecule has 0 fully saturated rings. The van der Waals surface area contributed by atoms with Crippen LogP contribution in [0.25, 0.3) is 0 Å². The van der Waals surface area contributed by atoms with Crippen molar-refractivity contribution in [3.63, 3.8) is 0 Å². The lowest BCUT2D eigenvalue weighted by molar-refractivity contribution is -0.113. The Labute approximate surface area is 109 Å². The Hall–Kier alpha value is -1.53. The number of thioether (sulfide) groups is 1. The monoisotopic (exact) mass is 266 g/mol. The molecule has 0 saturated heterocycles. The van der Waals surface area contributed by atoms with Crippen LogP contribution in [-0.4, -0.2) is 35.3 Å².